The van der Waals surface area contributed by atoms with Crippen LogP contribution in [0.1, 0.15) is 50.7 Å². The molecule has 0 fully saturated rings. The van der Waals surface area contributed by atoms with Crippen LogP contribution in [0.3, 0.4) is 0 Å². The van der Waals surface area contributed by atoms with Gasteiger partial charge in [0.15, 0.2) is 5.88 Å². The molecule has 0 unspecified atom stereocenters. The van der Waals surface area contributed by atoms with Gasteiger partial charge in [-0.05, 0) is 24.8 Å². The molecule has 1 aromatic heterocycles. The molecule has 16 heavy (non-hydrogen) atoms. The molecule has 0 bridgehead atoms. The van der Waals surface area contributed by atoms with Gasteiger partial charge in [0.25, 0.3) is 5.56 Å². The number of rotatable bonds is 4. The van der Waals surface area contributed by atoms with E-state index in [-0.39, 0.29) is 17.4 Å². The first-order valence-electron chi connectivity index (χ1n) is 5.92. The van der Waals surface area contributed by atoms with Gasteiger partial charge in [-0.25, -0.2) is 0 Å². The molecule has 3 nitrogen and oxygen atoms in total. The number of pyridine rings is 1. The third kappa shape index (κ3) is 2.46. The van der Waals surface area contributed by atoms with Crippen molar-refractivity contribution < 1.29 is 5.11 Å². The van der Waals surface area contributed by atoms with Crippen LogP contribution in [0.25, 0.3) is 0 Å². The standard InChI is InChI=1S/C13H21NO2/c1-5-6-7-14-11(15)8-10(4)12(9(2)3)13(14)16/h8-9,16H,5-7H2,1-4H3. The van der Waals surface area contributed by atoms with Crippen molar-refractivity contribution in [2.45, 2.75) is 53.0 Å². The van der Waals surface area contributed by atoms with Crippen molar-refractivity contribution >= 4 is 0 Å². The number of unbranched alkanes of at least 4 members (excludes halogenated alkanes) is 1. The van der Waals surface area contributed by atoms with Crippen molar-refractivity contribution in [3.05, 3.63) is 27.5 Å². The van der Waals surface area contributed by atoms with E-state index in [1.165, 1.54) is 4.57 Å². The van der Waals surface area contributed by atoms with E-state index in [9.17, 15) is 9.90 Å². The summed E-state index contributed by atoms with van der Waals surface area (Å²) in [5.41, 5.74) is 1.66. The fourth-order valence-electron chi connectivity index (χ4n) is 2.01. The van der Waals surface area contributed by atoms with E-state index >= 15 is 0 Å². The van der Waals surface area contributed by atoms with Gasteiger partial charge < -0.3 is 5.11 Å². The monoisotopic (exact) mass is 223 g/mol. The van der Waals surface area contributed by atoms with E-state index in [4.69, 9.17) is 0 Å². The number of aryl methyl sites for hydroxylation is 1. The van der Waals surface area contributed by atoms with Gasteiger partial charge in [-0.3, -0.25) is 9.36 Å². The molecule has 0 radical (unpaired) electrons. The Kier molecular flexibility index (Phi) is 4.16. The summed E-state index contributed by atoms with van der Waals surface area (Å²) in [7, 11) is 0. The van der Waals surface area contributed by atoms with E-state index in [0.29, 0.717) is 6.54 Å². The molecular formula is C13H21NO2. The average molecular weight is 223 g/mol. The summed E-state index contributed by atoms with van der Waals surface area (Å²) in [6, 6.07) is 1.62. The van der Waals surface area contributed by atoms with Gasteiger partial charge in [0.05, 0.1) is 0 Å². The lowest BCUT2D eigenvalue weighted by atomic mass is 9.99. The Labute approximate surface area is 96.7 Å². The summed E-state index contributed by atoms with van der Waals surface area (Å²) in [5.74, 6) is 0.377. The van der Waals surface area contributed by atoms with Crippen LogP contribution in [0.2, 0.25) is 0 Å². The third-order valence-electron chi connectivity index (χ3n) is 2.84. The molecule has 1 N–H and O–H groups in total. The van der Waals surface area contributed by atoms with E-state index < -0.39 is 0 Å². The SMILES string of the molecule is CCCCn1c(O)c(C(C)C)c(C)cc1=O. The molecule has 90 valence electrons. The highest BCUT2D eigenvalue weighted by Gasteiger charge is 2.14. The normalized spacial score (nSPS) is 11.1. The summed E-state index contributed by atoms with van der Waals surface area (Å²) in [4.78, 5) is 11.7. The summed E-state index contributed by atoms with van der Waals surface area (Å²) >= 11 is 0. The third-order valence-corrected chi connectivity index (χ3v) is 2.84. The van der Waals surface area contributed by atoms with Gasteiger partial charge >= 0.3 is 0 Å². The number of aromatic nitrogens is 1. The zero-order valence-corrected chi connectivity index (χ0v) is 10.6. The Morgan fingerprint density at radius 1 is 1.44 bits per heavy atom. The first-order valence-corrected chi connectivity index (χ1v) is 5.92. The van der Waals surface area contributed by atoms with Crippen molar-refractivity contribution in [3.63, 3.8) is 0 Å². The highest BCUT2D eigenvalue weighted by Crippen LogP contribution is 2.27. The van der Waals surface area contributed by atoms with Gasteiger partial charge in [0.2, 0.25) is 0 Å². The predicted octanol–water partition coefficient (Wildman–Crippen LogP) is 2.79. The minimum Gasteiger partial charge on any atom is -0.494 e. The van der Waals surface area contributed by atoms with Gasteiger partial charge in [-0.2, -0.15) is 0 Å². The van der Waals surface area contributed by atoms with Crippen LogP contribution in [-0.2, 0) is 6.54 Å². The Balaban J connectivity index is 3.28. The maximum atomic E-state index is 11.7. The van der Waals surface area contributed by atoms with Crippen LogP contribution in [0.15, 0.2) is 10.9 Å². The number of nitrogens with zero attached hydrogens (tertiary/aromatic N) is 1. The minimum atomic E-state index is -0.104. The molecule has 1 heterocycles. The molecule has 3 heteroatoms. The molecule has 0 saturated heterocycles. The molecule has 0 aliphatic carbocycles. The molecule has 0 saturated carbocycles. The smallest absolute Gasteiger partial charge is 0.253 e. The summed E-state index contributed by atoms with van der Waals surface area (Å²) in [6.45, 7) is 8.59. The van der Waals surface area contributed by atoms with Crippen molar-refractivity contribution in [3.8, 4) is 5.88 Å². The van der Waals surface area contributed by atoms with Crippen molar-refractivity contribution in [1.82, 2.24) is 4.57 Å². The van der Waals surface area contributed by atoms with E-state index in [0.717, 1.165) is 24.0 Å². The maximum Gasteiger partial charge on any atom is 0.253 e. The predicted molar refractivity (Wildman–Crippen MR) is 66.1 cm³/mol. The Morgan fingerprint density at radius 2 is 2.06 bits per heavy atom. The number of hydrogen-bond donors (Lipinski definition) is 1. The van der Waals surface area contributed by atoms with Crippen LogP contribution in [-0.4, -0.2) is 9.67 Å². The molecule has 0 amide bonds. The van der Waals surface area contributed by atoms with Crippen molar-refractivity contribution in [1.29, 1.82) is 0 Å². The number of aromatic hydroxyl groups is 1. The molecule has 0 aliphatic heterocycles. The van der Waals surface area contributed by atoms with Crippen LogP contribution >= 0.6 is 0 Å². The minimum absolute atomic E-state index is 0.104. The largest absolute Gasteiger partial charge is 0.494 e. The van der Waals surface area contributed by atoms with Crippen LogP contribution in [0.5, 0.6) is 5.88 Å². The summed E-state index contributed by atoms with van der Waals surface area (Å²) in [6.07, 6.45) is 1.92. The van der Waals surface area contributed by atoms with Gasteiger partial charge in [0, 0.05) is 18.2 Å². The second kappa shape index (κ2) is 5.19. The van der Waals surface area contributed by atoms with E-state index in [1.807, 2.05) is 20.8 Å². The van der Waals surface area contributed by atoms with Crippen LogP contribution in [0, 0.1) is 6.92 Å². The summed E-state index contributed by atoms with van der Waals surface area (Å²) < 4.78 is 1.48. The molecule has 0 atom stereocenters. The molecular weight excluding hydrogens is 202 g/mol. The first kappa shape index (κ1) is 12.8. The molecule has 0 spiro atoms. The summed E-state index contributed by atoms with van der Waals surface area (Å²) in [5, 5.41) is 10.1. The number of hydrogen-bond acceptors (Lipinski definition) is 2. The topological polar surface area (TPSA) is 42.2 Å². The fraction of sp³-hybridized carbons (Fsp3) is 0.615. The zero-order chi connectivity index (χ0) is 12.3. The lowest BCUT2D eigenvalue weighted by molar-refractivity contribution is 0.391. The average Bonchev–Trinajstić information content (AvgIpc) is 2.16. The second-order valence-electron chi connectivity index (χ2n) is 4.56. The molecule has 1 rings (SSSR count). The molecule has 0 aliphatic rings. The second-order valence-corrected chi connectivity index (χ2v) is 4.56. The van der Waals surface area contributed by atoms with Crippen molar-refractivity contribution in [2.24, 2.45) is 0 Å². The zero-order valence-electron chi connectivity index (χ0n) is 10.6. The Bertz CT molecular complexity index is 419. The molecule has 0 aromatic carbocycles. The van der Waals surface area contributed by atoms with Gasteiger partial charge in [-0.1, -0.05) is 27.2 Å². The highest BCUT2D eigenvalue weighted by atomic mass is 16.3. The fourth-order valence-corrected chi connectivity index (χ4v) is 2.01. The van der Waals surface area contributed by atoms with Gasteiger partial charge in [0.1, 0.15) is 0 Å². The first-order chi connectivity index (χ1) is 7.49. The van der Waals surface area contributed by atoms with E-state index in [2.05, 4.69) is 6.92 Å². The quantitative estimate of drug-likeness (QED) is 0.852. The Hall–Kier alpha value is -1.25. The van der Waals surface area contributed by atoms with Crippen LogP contribution < -0.4 is 5.56 Å². The lowest BCUT2D eigenvalue weighted by Crippen LogP contribution is -2.21. The van der Waals surface area contributed by atoms with Gasteiger partial charge in [-0.15, -0.1) is 0 Å². The van der Waals surface area contributed by atoms with E-state index in [1.54, 1.807) is 6.07 Å². The lowest BCUT2D eigenvalue weighted by Gasteiger charge is -2.16. The highest BCUT2D eigenvalue weighted by molar-refractivity contribution is 5.36. The maximum absolute atomic E-state index is 11.7. The van der Waals surface area contributed by atoms with Crippen molar-refractivity contribution in [2.75, 3.05) is 0 Å². The van der Waals surface area contributed by atoms with Crippen LogP contribution in [0.4, 0.5) is 0 Å². The Morgan fingerprint density at radius 3 is 2.56 bits per heavy atom. The molecule has 1 aromatic rings.